The third-order valence-electron chi connectivity index (χ3n) is 3.61. The van der Waals surface area contributed by atoms with E-state index in [1.54, 1.807) is 18.4 Å². The van der Waals surface area contributed by atoms with E-state index < -0.39 is 0 Å². The minimum absolute atomic E-state index is 0.839. The molecule has 3 nitrogen and oxygen atoms in total. The molecule has 2 aromatic rings. The van der Waals surface area contributed by atoms with Crippen LogP contribution in [0.3, 0.4) is 0 Å². The van der Waals surface area contributed by atoms with Crippen LogP contribution < -0.4 is 10.1 Å². The SMILES string of the molecule is COc1ccc2nc(NCC3CCCC3)sc2c1. The van der Waals surface area contributed by atoms with Gasteiger partial charge in [0, 0.05) is 6.54 Å². The van der Waals surface area contributed by atoms with Gasteiger partial charge in [-0.3, -0.25) is 0 Å². The van der Waals surface area contributed by atoms with Crippen molar-refractivity contribution in [1.29, 1.82) is 0 Å². The van der Waals surface area contributed by atoms with Gasteiger partial charge in [-0.15, -0.1) is 0 Å². The Hall–Kier alpha value is -1.29. The van der Waals surface area contributed by atoms with E-state index >= 15 is 0 Å². The van der Waals surface area contributed by atoms with Crippen LogP contribution >= 0.6 is 11.3 Å². The molecule has 0 spiro atoms. The number of benzene rings is 1. The fraction of sp³-hybridized carbons (Fsp3) is 0.500. The molecule has 1 aromatic carbocycles. The molecule has 1 aliphatic carbocycles. The van der Waals surface area contributed by atoms with Crippen LogP contribution in [0.15, 0.2) is 18.2 Å². The summed E-state index contributed by atoms with van der Waals surface area (Å²) in [5.41, 5.74) is 1.05. The first kappa shape index (κ1) is 11.8. The van der Waals surface area contributed by atoms with Crippen LogP contribution in [0.1, 0.15) is 25.7 Å². The maximum Gasteiger partial charge on any atom is 0.183 e. The number of nitrogens with zero attached hydrogens (tertiary/aromatic N) is 1. The van der Waals surface area contributed by atoms with Crippen LogP contribution in [-0.4, -0.2) is 18.6 Å². The number of hydrogen-bond acceptors (Lipinski definition) is 4. The molecule has 0 atom stereocenters. The number of fused-ring (bicyclic) bond motifs is 1. The number of hydrogen-bond donors (Lipinski definition) is 1. The second kappa shape index (κ2) is 5.14. The zero-order chi connectivity index (χ0) is 12.4. The van der Waals surface area contributed by atoms with Crippen molar-refractivity contribution in [2.45, 2.75) is 25.7 Å². The molecule has 1 heterocycles. The maximum atomic E-state index is 5.23. The van der Waals surface area contributed by atoms with Gasteiger partial charge in [-0.1, -0.05) is 24.2 Å². The Morgan fingerprint density at radius 2 is 2.22 bits per heavy atom. The third-order valence-corrected chi connectivity index (χ3v) is 4.59. The first-order chi connectivity index (χ1) is 8.85. The predicted octanol–water partition coefficient (Wildman–Crippen LogP) is 3.91. The standard InChI is InChI=1S/C14H18N2OS/c1-17-11-6-7-12-13(8-11)18-14(16-12)15-9-10-4-2-3-5-10/h6-8,10H,2-5,9H2,1H3,(H,15,16). The summed E-state index contributed by atoms with van der Waals surface area (Å²) in [5, 5.41) is 4.51. The Kier molecular flexibility index (Phi) is 3.37. The highest BCUT2D eigenvalue weighted by molar-refractivity contribution is 7.22. The van der Waals surface area contributed by atoms with Crippen molar-refractivity contribution in [3.8, 4) is 5.75 Å². The quantitative estimate of drug-likeness (QED) is 0.907. The van der Waals surface area contributed by atoms with Crippen LogP contribution in [0, 0.1) is 5.92 Å². The molecule has 0 radical (unpaired) electrons. The average Bonchev–Trinajstić information content (AvgIpc) is 3.04. The number of anilines is 1. The Morgan fingerprint density at radius 1 is 1.39 bits per heavy atom. The Balaban J connectivity index is 1.72. The van der Waals surface area contributed by atoms with E-state index in [0.29, 0.717) is 0 Å². The van der Waals surface area contributed by atoms with Crippen LogP contribution in [0.25, 0.3) is 10.2 Å². The number of thiazole rings is 1. The third kappa shape index (κ3) is 2.43. The normalized spacial score (nSPS) is 16.3. The summed E-state index contributed by atoms with van der Waals surface area (Å²) in [7, 11) is 1.70. The molecule has 4 heteroatoms. The van der Waals surface area contributed by atoms with Gasteiger partial charge in [0.05, 0.1) is 17.3 Å². The molecule has 3 rings (SSSR count). The topological polar surface area (TPSA) is 34.1 Å². The minimum Gasteiger partial charge on any atom is -0.497 e. The van der Waals surface area contributed by atoms with Crippen molar-refractivity contribution < 1.29 is 4.74 Å². The molecule has 1 aromatic heterocycles. The van der Waals surface area contributed by atoms with E-state index in [9.17, 15) is 0 Å². The van der Waals surface area contributed by atoms with Gasteiger partial charge in [0.15, 0.2) is 5.13 Å². The molecule has 0 unspecified atom stereocenters. The van der Waals surface area contributed by atoms with Gasteiger partial charge < -0.3 is 10.1 Å². The molecule has 1 N–H and O–H groups in total. The van der Waals surface area contributed by atoms with Gasteiger partial charge in [-0.25, -0.2) is 4.98 Å². The summed E-state index contributed by atoms with van der Waals surface area (Å²) in [5.74, 6) is 1.74. The zero-order valence-corrected chi connectivity index (χ0v) is 11.4. The van der Waals surface area contributed by atoms with Gasteiger partial charge in [0.25, 0.3) is 0 Å². The molecular weight excluding hydrogens is 244 g/mol. The van der Waals surface area contributed by atoms with E-state index in [2.05, 4.69) is 10.3 Å². The lowest BCUT2D eigenvalue weighted by atomic mass is 10.1. The number of methoxy groups -OCH3 is 1. The summed E-state index contributed by atoms with van der Waals surface area (Å²) in [6, 6.07) is 6.03. The zero-order valence-electron chi connectivity index (χ0n) is 10.6. The van der Waals surface area contributed by atoms with Crippen LogP contribution in [-0.2, 0) is 0 Å². The smallest absolute Gasteiger partial charge is 0.183 e. The number of aromatic nitrogens is 1. The molecule has 0 saturated heterocycles. The van der Waals surface area contributed by atoms with E-state index in [-0.39, 0.29) is 0 Å². The van der Waals surface area contributed by atoms with E-state index in [1.165, 1.54) is 30.4 Å². The highest BCUT2D eigenvalue weighted by Gasteiger charge is 2.15. The van der Waals surface area contributed by atoms with Crippen molar-refractivity contribution in [3.63, 3.8) is 0 Å². The summed E-state index contributed by atoms with van der Waals surface area (Å²) < 4.78 is 6.41. The highest BCUT2D eigenvalue weighted by atomic mass is 32.1. The molecule has 0 bridgehead atoms. The fourth-order valence-corrected chi connectivity index (χ4v) is 3.45. The molecule has 0 amide bonds. The summed E-state index contributed by atoms with van der Waals surface area (Å²) in [6.45, 7) is 1.07. The van der Waals surface area contributed by atoms with Gasteiger partial charge >= 0.3 is 0 Å². The molecule has 1 fully saturated rings. The Morgan fingerprint density at radius 3 is 3.00 bits per heavy atom. The van der Waals surface area contributed by atoms with Crippen molar-refractivity contribution in [2.24, 2.45) is 5.92 Å². The molecular formula is C14H18N2OS. The lowest BCUT2D eigenvalue weighted by Gasteiger charge is -2.08. The van der Waals surface area contributed by atoms with Crippen molar-refractivity contribution in [1.82, 2.24) is 4.98 Å². The Labute approximate surface area is 111 Å². The second-order valence-corrected chi connectivity index (χ2v) is 5.91. The lowest BCUT2D eigenvalue weighted by molar-refractivity contribution is 0.415. The van der Waals surface area contributed by atoms with Crippen LogP contribution in [0.2, 0.25) is 0 Å². The Bertz CT molecular complexity index is 532. The summed E-state index contributed by atoms with van der Waals surface area (Å²) in [4.78, 5) is 4.60. The number of rotatable bonds is 4. The van der Waals surface area contributed by atoms with E-state index in [1.807, 2.05) is 18.2 Å². The number of nitrogens with one attached hydrogen (secondary N) is 1. The largest absolute Gasteiger partial charge is 0.497 e. The number of ether oxygens (including phenoxy) is 1. The molecule has 96 valence electrons. The summed E-state index contributed by atoms with van der Waals surface area (Å²) >= 11 is 1.71. The molecule has 1 saturated carbocycles. The van der Waals surface area contributed by atoms with Crippen molar-refractivity contribution in [3.05, 3.63) is 18.2 Å². The van der Waals surface area contributed by atoms with Gasteiger partial charge in [0.1, 0.15) is 5.75 Å². The van der Waals surface area contributed by atoms with E-state index in [4.69, 9.17) is 4.74 Å². The first-order valence-electron chi connectivity index (χ1n) is 6.53. The van der Waals surface area contributed by atoms with Crippen LogP contribution in [0.5, 0.6) is 5.75 Å². The molecule has 0 aliphatic heterocycles. The highest BCUT2D eigenvalue weighted by Crippen LogP contribution is 2.30. The van der Waals surface area contributed by atoms with Crippen molar-refractivity contribution in [2.75, 3.05) is 19.0 Å². The second-order valence-electron chi connectivity index (χ2n) is 4.88. The van der Waals surface area contributed by atoms with Gasteiger partial charge in [-0.05, 0) is 37.0 Å². The molecule has 18 heavy (non-hydrogen) atoms. The van der Waals surface area contributed by atoms with Crippen molar-refractivity contribution >= 4 is 26.7 Å². The monoisotopic (exact) mass is 262 g/mol. The fourth-order valence-electron chi connectivity index (χ4n) is 2.55. The van der Waals surface area contributed by atoms with E-state index in [0.717, 1.165) is 28.9 Å². The predicted molar refractivity (Wildman–Crippen MR) is 76.6 cm³/mol. The lowest BCUT2D eigenvalue weighted by Crippen LogP contribution is -2.10. The minimum atomic E-state index is 0.839. The summed E-state index contributed by atoms with van der Waals surface area (Å²) in [6.07, 6.45) is 5.52. The van der Waals surface area contributed by atoms with Gasteiger partial charge in [-0.2, -0.15) is 0 Å². The molecule has 1 aliphatic rings. The first-order valence-corrected chi connectivity index (χ1v) is 7.35. The maximum absolute atomic E-state index is 5.23. The van der Waals surface area contributed by atoms with Crippen LogP contribution in [0.4, 0.5) is 5.13 Å². The van der Waals surface area contributed by atoms with Gasteiger partial charge in [0.2, 0.25) is 0 Å². The average molecular weight is 262 g/mol.